The molecule has 1 aliphatic heterocycles. The van der Waals surface area contributed by atoms with Gasteiger partial charge in [0.05, 0.1) is 0 Å². The van der Waals surface area contributed by atoms with Crippen molar-refractivity contribution < 1.29 is 14.6 Å². The van der Waals surface area contributed by atoms with Gasteiger partial charge in [-0.1, -0.05) is 0 Å². The molecular formula is C8H14O3S. The van der Waals surface area contributed by atoms with E-state index < -0.39 is 11.6 Å². The second kappa shape index (κ2) is 4.14. The predicted molar refractivity (Wildman–Crippen MR) is 48.6 cm³/mol. The van der Waals surface area contributed by atoms with Gasteiger partial charge >= 0.3 is 5.97 Å². The molecule has 1 aliphatic rings. The molecule has 0 saturated carbocycles. The van der Waals surface area contributed by atoms with Gasteiger partial charge in [-0.25, -0.2) is 4.79 Å². The van der Waals surface area contributed by atoms with E-state index in [0.717, 1.165) is 17.9 Å². The number of ether oxygens (including phenoxy) is 1. The standard InChI is InChI=1S/C8H14O3S/c1-11-8(7(9)10)3-2-5-12-6-4-8/h2-6H2,1H3,(H,9,10). The number of carboxylic acid groups (broad SMARTS) is 1. The molecule has 1 fully saturated rings. The van der Waals surface area contributed by atoms with E-state index >= 15 is 0 Å². The third kappa shape index (κ3) is 1.93. The van der Waals surface area contributed by atoms with E-state index in [1.165, 1.54) is 7.11 Å². The van der Waals surface area contributed by atoms with Gasteiger partial charge < -0.3 is 9.84 Å². The molecule has 1 unspecified atom stereocenters. The number of thioether (sulfide) groups is 1. The topological polar surface area (TPSA) is 46.5 Å². The Bertz CT molecular complexity index is 162. The zero-order valence-electron chi connectivity index (χ0n) is 7.21. The molecule has 0 bridgehead atoms. The van der Waals surface area contributed by atoms with Gasteiger partial charge in [-0.2, -0.15) is 11.8 Å². The minimum atomic E-state index is -0.899. The van der Waals surface area contributed by atoms with E-state index in [1.54, 1.807) is 0 Å². The monoisotopic (exact) mass is 190 g/mol. The molecule has 12 heavy (non-hydrogen) atoms. The molecule has 0 aromatic heterocycles. The van der Waals surface area contributed by atoms with Crippen molar-refractivity contribution in [3.63, 3.8) is 0 Å². The Labute approximate surface area is 76.5 Å². The van der Waals surface area contributed by atoms with Crippen molar-refractivity contribution in [2.45, 2.75) is 24.9 Å². The van der Waals surface area contributed by atoms with Gasteiger partial charge in [0.25, 0.3) is 0 Å². The summed E-state index contributed by atoms with van der Waals surface area (Å²) in [6.07, 6.45) is 2.21. The number of carbonyl (C=O) groups is 1. The maximum Gasteiger partial charge on any atom is 0.335 e. The van der Waals surface area contributed by atoms with Crippen LogP contribution in [0.25, 0.3) is 0 Å². The molecule has 1 rings (SSSR count). The minimum absolute atomic E-state index is 0.628. The largest absolute Gasteiger partial charge is 0.479 e. The van der Waals surface area contributed by atoms with Crippen molar-refractivity contribution >= 4 is 17.7 Å². The maximum absolute atomic E-state index is 10.9. The van der Waals surface area contributed by atoms with Gasteiger partial charge in [-0.15, -0.1) is 0 Å². The third-order valence-corrected chi connectivity index (χ3v) is 3.37. The summed E-state index contributed by atoms with van der Waals surface area (Å²) in [4.78, 5) is 10.9. The van der Waals surface area contributed by atoms with Gasteiger partial charge in [0, 0.05) is 7.11 Å². The first-order valence-corrected chi connectivity index (χ1v) is 5.23. The number of aliphatic carboxylic acids is 1. The highest BCUT2D eigenvalue weighted by molar-refractivity contribution is 7.99. The van der Waals surface area contributed by atoms with Crippen LogP contribution in [0.3, 0.4) is 0 Å². The summed E-state index contributed by atoms with van der Waals surface area (Å²) < 4.78 is 5.11. The van der Waals surface area contributed by atoms with E-state index in [0.29, 0.717) is 12.8 Å². The van der Waals surface area contributed by atoms with Gasteiger partial charge in [-0.3, -0.25) is 0 Å². The Kier molecular flexibility index (Phi) is 3.40. The number of carboxylic acids is 1. The minimum Gasteiger partial charge on any atom is -0.479 e. The highest BCUT2D eigenvalue weighted by Gasteiger charge is 2.38. The van der Waals surface area contributed by atoms with Crippen LogP contribution in [0, 0.1) is 0 Å². The summed E-state index contributed by atoms with van der Waals surface area (Å²) in [7, 11) is 1.49. The normalized spacial score (nSPS) is 31.1. The Balaban J connectivity index is 2.68. The zero-order chi connectivity index (χ0) is 9.03. The average molecular weight is 190 g/mol. The van der Waals surface area contributed by atoms with Crippen LogP contribution in [0.2, 0.25) is 0 Å². The van der Waals surface area contributed by atoms with Crippen LogP contribution in [0.15, 0.2) is 0 Å². The first-order valence-electron chi connectivity index (χ1n) is 4.07. The Morgan fingerprint density at radius 1 is 1.50 bits per heavy atom. The third-order valence-electron chi connectivity index (χ3n) is 2.30. The first kappa shape index (κ1) is 9.86. The SMILES string of the molecule is COC1(C(=O)O)CCCSCC1. The summed E-state index contributed by atoms with van der Waals surface area (Å²) in [6.45, 7) is 0. The van der Waals surface area contributed by atoms with Crippen molar-refractivity contribution in [3.05, 3.63) is 0 Å². The quantitative estimate of drug-likeness (QED) is 0.714. The molecule has 0 aromatic rings. The highest BCUT2D eigenvalue weighted by Crippen LogP contribution is 2.29. The molecule has 1 heterocycles. The number of rotatable bonds is 2. The lowest BCUT2D eigenvalue weighted by molar-refractivity contribution is -0.163. The molecule has 1 N–H and O–H groups in total. The van der Waals surface area contributed by atoms with E-state index in [9.17, 15) is 4.79 Å². The number of hydrogen-bond acceptors (Lipinski definition) is 3. The summed E-state index contributed by atoms with van der Waals surface area (Å²) >= 11 is 1.81. The smallest absolute Gasteiger partial charge is 0.335 e. The summed E-state index contributed by atoms with van der Waals surface area (Å²) in [5.41, 5.74) is -0.899. The van der Waals surface area contributed by atoms with Gasteiger partial charge in [0.1, 0.15) is 0 Å². The first-order chi connectivity index (χ1) is 5.71. The van der Waals surface area contributed by atoms with Crippen molar-refractivity contribution in [1.29, 1.82) is 0 Å². The summed E-state index contributed by atoms with van der Waals surface area (Å²) in [5, 5.41) is 8.98. The second-order valence-corrected chi connectivity index (χ2v) is 4.19. The van der Waals surface area contributed by atoms with E-state index in [2.05, 4.69) is 0 Å². The molecule has 3 nitrogen and oxygen atoms in total. The fourth-order valence-corrected chi connectivity index (χ4v) is 2.46. The lowest BCUT2D eigenvalue weighted by Gasteiger charge is -2.25. The van der Waals surface area contributed by atoms with Crippen LogP contribution in [0.1, 0.15) is 19.3 Å². The molecule has 0 aromatic carbocycles. The van der Waals surface area contributed by atoms with Crippen LogP contribution >= 0.6 is 11.8 Å². The number of methoxy groups -OCH3 is 1. The molecule has 0 amide bonds. The molecule has 4 heteroatoms. The predicted octanol–water partition coefficient (Wildman–Crippen LogP) is 1.37. The van der Waals surface area contributed by atoms with E-state index in [1.807, 2.05) is 11.8 Å². The summed E-state index contributed by atoms with van der Waals surface area (Å²) in [5.74, 6) is 1.13. The van der Waals surface area contributed by atoms with Crippen LogP contribution in [0.5, 0.6) is 0 Å². The Hall–Kier alpha value is -0.220. The van der Waals surface area contributed by atoms with Gasteiger partial charge in [0.15, 0.2) is 5.60 Å². The van der Waals surface area contributed by atoms with Crippen molar-refractivity contribution in [3.8, 4) is 0 Å². The zero-order valence-corrected chi connectivity index (χ0v) is 8.02. The molecule has 0 radical (unpaired) electrons. The van der Waals surface area contributed by atoms with Gasteiger partial charge in [0.2, 0.25) is 0 Å². The molecular weight excluding hydrogens is 176 g/mol. The van der Waals surface area contributed by atoms with Crippen molar-refractivity contribution in [2.75, 3.05) is 18.6 Å². The highest BCUT2D eigenvalue weighted by atomic mass is 32.2. The van der Waals surface area contributed by atoms with Crippen LogP contribution in [0.4, 0.5) is 0 Å². The van der Waals surface area contributed by atoms with E-state index in [4.69, 9.17) is 9.84 Å². The second-order valence-electron chi connectivity index (χ2n) is 2.97. The molecule has 0 aliphatic carbocycles. The van der Waals surface area contributed by atoms with Crippen LogP contribution < -0.4 is 0 Å². The van der Waals surface area contributed by atoms with Crippen molar-refractivity contribution in [1.82, 2.24) is 0 Å². The lowest BCUT2D eigenvalue weighted by atomic mass is 9.95. The lowest BCUT2D eigenvalue weighted by Crippen LogP contribution is -2.40. The fourth-order valence-electron chi connectivity index (χ4n) is 1.43. The molecule has 1 atom stereocenters. The van der Waals surface area contributed by atoms with Gasteiger partial charge in [-0.05, 0) is 30.8 Å². The van der Waals surface area contributed by atoms with E-state index in [-0.39, 0.29) is 0 Å². The Morgan fingerprint density at radius 2 is 2.25 bits per heavy atom. The average Bonchev–Trinajstić information content (AvgIpc) is 2.29. The Morgan fingerprint density at radius 3 is 2.83 bits per heavy atom. The van der Waals surface area contributed by atoms with Crippen LogP contribution in [-0.2, 0) is 9.53 Å². The fraction of sp³-hybridized carbons (Fsp3) is 0.875. The molecule has 0 spiro atoms. The maximum atomic E-state index is 10.9. The molecule has 70 valence electrons. The summed E-state index contributed by atoms with van der Waals surface area (Å²) in [6, 6.07) is 0. The number of hydrogen-bond donors (Lipinski definition) is 1. The van der Waals surface area contributed by atoms with Crippen LogP contribution in [-0.4, -0.2) is 35.3 Å². The van der Waals surface area contributed by atoms with Crippen molar-refractivity contribution in [2.24, 2.45) is 0 Å². The molecule has 1 saturated heterocycles.